The van der Waals surface area contributed by atoms with Crippen LogP contribution in [0.1, 0.15) is 49.5 Å². The van der Waals surface area contributed by atoms with E-state index in [0.717, 1.165) is 5.56 Å². The van der Waals surface area contributed by atoms with Gasteiger partial charge in [-0.3, -0.25) is 9.69 Å². The molecule has 2 atom stereocenters. The van der Waals surface area contributed by atoms with Crippen LogP contribution in [-0.2, 0) is 4.74 Å². The Balaban J connectivity index is 1.99. The monoisotopic (exact) mass is 416 g/mol. The van der Waals surface area contributed by atoms with Crippen molar-refractivity contribution in [1.29, 1.82) is 0 Å². The number of aromatic amines is 1. The van der Waals surface area contributed by atoms with Gasteiger partial charge in [0, 0.05) is 19.0 Å². The summed E-state index contributed by atoms with van der Waals surface area (Å²) in [5.41, 5.74) is 0.792. The van der Waals surface area contributed by atoms with Gasteiger partial charge in [-0.05, 0) is 45.0 Å². The van der Waals surface area contributed by atoms with Crippen molar-refractivity contribution in [2.45, 2.75) is 44.9 Å². The molecule has 2 aromatic rings. The van der Waals surface area contributed by atoms with E-state index in [0.29, 0.717) is 23.7 Å². The molecule has 2 heterocycles. The SMILES string of the molecule is CNC(=O)c1[nH]c([C@@H]2C[C@@H](O)CN2C(=O)OC(C)(C)C)nc1-c1ccc(OC)cc1. The predicted octanol–water partition coefficient (Wildman–Crippen LogP) is 2.49. The highest BCUT2D eigenvalue weighted by Gasteiger charge is 2.40. The van der Waals surface area contributed by atoms with Crippen LogP contribution in [0.4, 0.5) is 4.79 Å². The molecule has 1 saturated heterocycles. The largest absolute Gasteiger partial charge is 0.497 e. The normalized spacial score (nSPS) is 18.9. The fraction of sp³-hybridized carbons (Fsp3) is 0.476. The molecular weight excluding hydrogens is 388 g/mol. The first-order valence-electron chi connectivity index (χ1n) is 9.77. The molecule has 1 fully saturated rings. The molecule has 162 valence electrons. The van der Waals surface area contributed by atoms with Crippen LogP contribution < -0.4 is 10.1 Å². The van der Waals surface area contributed by atoms with Gasteiger partial charge in [0.15, 0.2) is 0 Å². The highest BCUT2D eigenvalue weighted by atomic mass is 16.6. The first-order valence-corrected chi connectivity index (χ1v) is 9.77. The molecule has 0 unspecified atom stereocenters. The Morgan fingerprint density at radius 3 is 2.50 bits per heavy atom. The Bertz CT molecular complexity index is 916. The fourth-order valence-corrected chi connectivity index (χ4v) is 3.39. The molecule has 9 heteroatoms. The van der Waals surface area contributed by atoms with E-state index in [1.807, 2.05) is 0 Å². The molecule has 1 aliphatic rings. The van der Waals surface area contributed by atoms with E-state index in [9.17, 15) is 14.7 Å². The van der Waals surface area contributed by atoms with Gasteiger partial charge in [0.25, 0.3) is 5.91 Å². The summed E-state index contributed by atoms with van der Waals surface area (Å²) in [7, 11) is 3.11. The molecule has 0 saturated carbocycles. The van der Waals surface area contributed by atoms with Crippen molar-refractivity contribution < 1.29 is 24.2 Å². The number of carbonyl (C=O) groups excluding carboxylic acids is 2. The number of H-pyrrole nitrogens is 1. The number of rotatable bonds is 4. The number of nitrogens with zero attached hydrogens (tertiary/aromatic N) is 2. The third-order valence-corrected chi connectivity index (χ3v) is 4.76. The van der Waals surface area contributed by atoms with E-state index in [2.05, 4.69) is 15.3 Å². The van der Waals surface area contributed by atoms with Gasteiger partial charge in [-0.15, -0.1) is 0 Å². The third kappa shape index (κ3) is 4.56. The van der Waals surface area contributed by atoms with Crippen molar-refractivity contribution in [3.05, 3.63) is 35.8 Å². The maximum atomic E-state index is 12.7. The van der Waals surface area contributed by atoms with Crippen molar-refractivity contribution >= 4 is 12.0 Å². The summed E-state index contributed by atoms with van der Waals surface area (Å²) in [5, 5.41) is 12.8. The first kappa shape index (κ1) is 21.6. The van der Waals surface area contributed by atoms with E-state index in [-0.39, 0.29) is 18.1 Å². The zero-order valence-corrected chi connectivity index (χ0v) is 17.9. The molecule has 30 heavy (non-hydrogen) atoms. The van der Waals surface area contributed by atoms with Crippen molar-refractivity contribution in [3.8, 4) is 17.0 Å². The Morgan fingerprint density at radius 2 is 1.93 bits per heavy atom. The summed E-state index contributed by atoms with van der Waals surface area (Å²) in [6.07, 6.45) is -0.949. The number of aromatic nitrogens is 2. The summed E-state index contributed by atoms with van der Waals surface area (Å²) in [4.78, 5) is 34.3. The van der Waals surface area contributed by atoms with Gasteiger partial charge in [0.2, 0.25) is 0 Å². The number of carbonyl (C=O) groups is 2. The minimum atomic E-state index is -0.708. The van der Waals surface area contributed by atoms with Crippen LogP contribution in [0.15, 0.2) is 24.3 Å². The summed E-state index contributed by atoms with van der Waals surface area (Å²) in [6, 6.07) is 6.64. The van der Waals surface area contributed by atoms with Crippen LogP contribution in [0, 0.1) is 0 Å². The molecule has 1 aromatic carbocycles. The number of likely N-dealkylation sites (tertiary alicyclic amines) is 1. The Hall–Kier alpha value is -3.07. The van der Waals surface area contributed by atoms with Gasteiger partial charge >= 0.3 is 6.09 Å². The van der Waals surface area contributed by atoms with Crippen molar-refractivity contribution in [3.63, 3.8) is 0 Å². The highest BCUT2D eigenvalue weighted by Crippen LogP contribution is 2.34. The summed E-state index contributed by atoms with van der Waals surface area (Å²) < 4.78 is 10.7. The van der Waals surface area contributed by atoms with Gasteiger partial charge in [0.1, 0.15) is 28.6 Å². The Kier molecular flexibility index (Phi) is 6.02. The summed E-state index contributed by atoms with van der Waals surface area (Å²) >= 11 is 0. The number of imidazole rings is 1. The van der Waals surface area contributed by atoms with Gasteiger partial charge in [-0.1, -0.05) is 0 Å². The quantitative estimate of drug-likeness (QED) is 0.705. The lowest BCUT2D eigenvalue weighted by atomic mass is 10.1. The van der Waals surface area contributed by atoms with Crippen LogP contribution in [0.2, 0.25) is 0 Å². The van der Waals surface area contributed by atoms with Crippen molar-refractivity contribution in [1.82, 2.24) is 20.2 Å². The van der Waals surface area contributed by atoms with Crippen LogP contribution in [-0.4, -0.2) is 64.4 Å². The molecule has 9 nitrogen and oxygen atoms in total. The smallest absolute Gasteiger partial charge is 0.411 e. The predicted molar refractivity (Wildman–Crippen MR) is 110 cm³/mol. The molecule has 3 rings (SSSR count). The first-order chi connectivity index (χ1) is 14.1. The fourth-order valence-electron chi connectivity index (χ4n) is 3.39. The zero-order valence-electron chi connectivity index (χ0n) is 17.9. The molecule has 1 aliphatic heterocycles. The number of hydrogen-bond acceptors (Lipinski definition) is 6. The second-order valence-electron chi connectivity index (χ2n) is 8.19. The number of nitrogens with one attached hydrogen (secondary N) is 2. The van der Waals surface area contributed by atoms with Gasteiger partial charge in [0.05, 0.1) is 25.8 Å². The van der Waals surface area contributed by atoms with Crippen LogP contribution >= 0.6 is 0 Å². The standard InChI is InChI=1S/C21H28N4O5/c1-21(2,3)30-20(28)25-11-13(26)10-15(25)18-23-16(17(24-18)19(27)22-4)12-6-8-14(29-5)9-7-12/h6-9,13,15,26H,10-11H2,1-5H3,(H,22,27)(H,23,24)/t13-,15+/m1/s1. The molecule has 0 radical (unpaired) electrons. The molecule has 3 N–H and O–H groups in total. The van der Waals surface area contributed by atoms with Gasteiger partial charge in [-0.2, -0.15) is 0 Å². The Labute approximate surface area is 175 Å². The Morgan fingerprint density at radius 1 is 1.27 bits per heavy atom. The van der Waals surface area contributed by atoms with Crippen LogP contribution in [0.25, 0.3) is 11.3 Å². The maximum Gasteiger partial charge on any atom is 0.411 e. The molecule has 1 aromatic heterocycles. The number of aliphatic hydroxyl groups excluding tert-OH is 1. The topological polar surface area (TPSA) is 117 Å². The maximum absolute atomic E-state index is 12.7. The number of β-amino-alcohol motifs (C(OH)–C–C–N with tert-alkyl or cyclic N) is 1. The minimum absolute atomic E-state index is 0.132. The number of ether oxygens (including phenoxy) is 2. The lowest BCUT2D eigenvalue weighted by molar-refractivity contribution is 0.0201. The molecule has 0 spiro atoms. The summed E-state index contributed by atoms with van der Waals surface area (Å²) in [5.74, 6) is 0.773. The van der Waals surface area contributed by atoms with E-state index in [1.165, 1.54) is 11.9 Å². The number of methoxy groups -OCH3 is 1. The van der Waals surface area contributed by atoms with E-state index in [1.54, 1.807) is 52.1 Å². The lowest BCUT2D eigenvalue weighted by Gasteiger charge is -2.27. The van der Waals surface area contributed by atoms with E-state index >= 15 is 0 Å². The van der Waals surface area contributed by atoms with Crippen molar-refractivity contribution in [2.75, 3.05) is 20.7 Å². The average molecular weight is 416 g/mol. The second-order valence-corrected chi connectivity index (χ2v) is 8.19. The number of aliphatic hydroxyl groups is 1. The molecule has 0 bridgehead atoms. The van der Waals surface area contributed by atoms with Crippen LogP contribution in [0.3, 0.4) is 0 Å². The summed E-state index contributed by atoms with van der Waals surface area (Å²) in [6.45, 7) is 5.48. The van der Waals surface area contributed by atoms with Gasteiger partial charge in [-0.25, -0.2) is 9.78 Å². The second kappa shape index (κ2) is 8.35. The number of hydrogen-bond donors (Lipinski definition) is 3. The van der Waals surface area contributed by atoms with Crippen molar-refractivity contribution in [2.24, 2.45) is 0 Å². The third-order valence-electron chi connectivity index (χ3n) is 4.76. The highest BCUT2D eigenvalue weighted by molar-refractivity contribution is 5.98. The van der Waals surface area contributed by atoms with E-state index < -0.39 is 23.8 Å². The average Bonchev–Trinajstić information content (AvgIpc) is 3.30. The zero-order chi connectivity index (χ0) is 22.1. The molecule has 2 amide bonds. The minimum Gasteiger partial charge on any atom is -0.497 e. The number of amides is 2. The number of benzene rings is 1. The van der Waals surface area contributed by atoms with Crippen LogP contribution in [0.5, 0.6) is 5.75 Å². The molecule has 0 aliphatic carbocycles. The van der Waals surface area contributed by atoms with E-state index in [4.69, 9.17) is 9.47 Å². The lowest BCUT2D eigenvalue weighted by Crippen LogP contribution is -2.37. The van der Waals surface area contributed by atoms with Gasteiger partial charge < -0.3 is 24.9 Å². The molecular formula is C21H28N4O5.